The van der Waals surface area contributed by atoms with Gasteiger partial charge in [0.2, 0.25) is 17.7 Å². The van der Waals surface area contributed by atoms with Gasteiger partial charge in [-0.05, 0) is 19.8 Å². The maximum Gasteiger partial charge on any atom is 0.238 e. The van der Waals surface area contributed by atoms with Crippen LogP contribution in [0.5, 0.6) is 0 Å². The second-order valence-electron chi connectivity index (χ2n) is 3.64. The molecule has 0 aliphatic heterocycles. The average Bonchev–Trinajstić information content (AvgIpc) is 2.95. The molecule has 5 nitrogen and oxygen atoms in total. The number of alkyl halides is 1. The van der Waals surface area contributed by atoms with Gasteiger partial charge in [0.05, 0.1) is 6.54 Å². The quantitative estimate of drug-likeness (QED) is 0.788. The predicted octanol–water partition coefficient (Wildman–Crippen LogP) is 1.19. The molecule has 0 spiro atoms. The molecule has 0 aromatic carbocycles. The largest absolute Gasteiger partial charge is 0.423 e. The van der Waals surface area contributed by atoms with Gasteiger partial charge >= 0.3 is 0 Å². The summed E-state index contributed by atoms with van der Waals surface area (Å²) in [6, 6.07) is 0. The van der Waals surface area contributed by atoms with Gasteiger partial charge in [-0.25, -0.2) is 0 Å². The lowest BCUT2D eigenvalue weighted by Crippen LogP contribution is -2.29. The van der Waals surface area contributed by atoms with E-state index in [0.29, 0.717) is 17.7 Å². The Morgan fingerprint density at radius 2 is 2.40 bits per heavy atom. The molecule has 1 atom stereocenters. The lowest BCUT2D eigenvalue weighted by atomic mass is 10.4. The Morgan fingerprint density at radius 1 is 1.67 bits per heavy atom. The van der Waals surface area contributed by atoms with E-state index in [1.165, 1.54) is 0 Å². The monoisotopic (exact) mass is 229 g/mol. The van der Waals surface area contributed by atoms with Crippen LogP contribution in [0, 0.1) is 0 Å². The fourth-order valence-electron chi connectivity index (χ4n) is 1.14. The SMILES string of the molecule is CC(Cl)C(=O)NCc1nnc(C2CC2)o1. The van der Waals surface area contributed by atoms with E-state index in [1.54, 1.807) is 6.92 Å². The summed E-state index contributed by atoms with van der Waals surface area (Å²) in [6.07, 6.45) is 2.24. The van der Waals surface area contributed by atoms with Crippen molar-refractivity contribution in [2.75, 3.05) is 0 Å². The van der Waals surface area contributed by atoms with Crippen LogP contribution in [0.2, 0.25) is 0 Å². The summed E-state index contributed by atoms with van der Waals surface area (Å²) in [5.74, 6) is 1.32. The molecule has 0 bridgehead atoms. The first-order valence-electron chi connectivity index (χ1n) is 4.91. The zero-order chi connectivity index (χ0) is 10.8. The molecule has 82 valence electrons. The highest BCUT2D eigenvalue weighted by molar-refractivity contribution is 6.30. The number of halogens is 1. The lowest BCUT2D eigenvalue weighted by Gasteiger charge is -2.02. The van der Waals surface area contributed by atoms with Gasteiger partial charge in [-0.15, -0.1) is 21.8 Å². The van der Waals surface area contributed by atoms with Gasteiger partial charge in [-0.3, -0.25) is 4.79 Å². The van der Waals surface area contributed by atoms with E-state index in [-0.39, 0.29) is 12.5 Å². The van der Waals surface area contributed by atoms with Crippen LogP contribution in [-0.4, -0.2) is 21.5 Å². The Kier molecular flexibility index (Phi) is 2.90. The van der Waals surface area contributed by atoms with Crippen LogP contribution in [0.1, 0.15) is 37.5 Å². The standard InChI is InChI=1S/C9H12ClN3O2/c1-5(10)8(14)11-4-7-12-13-9(15-7)6-2-3-6/h5-6H,2-4H2,1H3,(H,11,14). The first-order valence-corrected chi connectivity index (χ1v) is 5.34. The summed E-state index contributed by atoms with van der Waals surface area (Å²) in [5.41, 5.74) is 0. The second-order valence-corrected chi connectivity index (χ2v) is 4.30. The number of hydrogen-bond acceptors (Lipinski definition) is 4. The van der Waals surface area contributed by atoms with Gasteiger partial charge in [0.15, 0.2) is 0 Å². The topological polar surface area (TPSA) is 68.0 Å². The minimum atomic E-state index is -0.546. The number of hydrogen-bond donors (Lipinski definition) is 1. The number of amides is 1. The van der Waals surface area contributed by atoms with E-state index in [0.717, 1.165) is 12.8 Å². The number of nitrogens with one attached hydrogen (secondary N) is 1. The van der Waals surface area contributed by atoms with E-state index in [9.17, 15) is 4.79 Å². The zero-order valence-electron chi connectivity index (χ0n) is 8.36. The second kappa shape index (κ2) is 4.18. The number of nitrogens with zero attached hydrogens (tertiary/aromatic N) is 2. The van der Waals surface area contributed by atoms with Crippen LogP contribution in [0.3, 0.4) is 0 Å². The molecule has 1 aliphatic carbocycles. The summed E-state index contributed by atoms with van der Waals surface area (Å²) in [4.78, 5) is 11.1. The predicted molar refractivity (Wildman–Crippen MR) is 53.4 cm³/mol. The van der Waals surface area contributed by atoms with Crippen LogP contribution in [-0.2, 0) is 11.3 Å². The Morgan fingerprint density at radius 3 is 3.00 bits per heavy atom. The van der Waals surface area contributed by atoms with Gasteiger partial charge in [0, 0.05) is 5.92 Å². The highest BCUT2D eigenvalue weighted by Gasteiger charge is 2.29. The van der Waals surface area contributed by atoms with Crippen molar-refractivity contribution in [1.29, 1.82) is 0 Å². The summed E-state index contributed by atoms with van der Waals surface area (Å²) in [5, 5.41) is 9.79. The summed E-state index contributed by atoms with van der Waals surface area (Å²) in [6.45, 7) is 1.86. The van der Waals surface area contributed by atoms with Crippen molar-refractivity contribution in [3.05, 3.63) is 11.8 Å². The van der Waals surface area contributed by atoms with E-state index in [4.69, 9.17) is 16.0 Å². The van der Waals surface area contributed by atoms with E-state index >= 15 is 0 Å². The van der Waals surface area contributed by atoms with Crippen molar-refractivity contribution < 1.29 is 9.21 Å². The molecule has 1 aromatic rings. The molecule has 1 aliphatic rings. The fourth-order valence-corrected chi connectivity index (χ4v) is 1.21. The molecule has 15 heavy (non-hydrogen) atoms. The first kappa shape index (κ1) is 10.4. The lowest BCUT2D eigenvalue weighted by molar-refractivity contribution is -0.120. The molecular formula is C9H12ClN3O2. The average molecular weight is 230 g/mol. The molecule has 1 saturated carbocycles. The number of carbonyl (C=O) groups is 1. The molecular weight excluding hydrogens is 218 g/mol. The Balaban J connectivity index is 1.85. The molecule has 1 fully saturated rings. The summed E-state index contributed by atoms with van der Waals surface area (Å²) >= 11 is 5.58. The molecule has 1 aromatic heterocycles. The fraction of sp³-hybridized carbons (Fsp3) is 0.667. The Labute approximate surface area is 92.2 Å². The van der Waals surface area contributed by atoms with E-state index in [2.05, 4.69) is 15.5 Å². The van der Waals surface area contributed by atoms with Crippen LogP contribution in [0.4, 0.5) is 0 Å². The van der Waals surface area contributed by atoms with Crippen LogP contribution >= 0.6 is 11.6 Å². The van der Waals surface area contributed by atoms with Crippen molar-refractivity contribution in [3.63, 3.8) is 0 Å². The van der Waals surface area contributed by atoms with Gasteiger partial charge in [-0.2, -0.15) is 0 Å². The van der Waals surface area contributed by atoms with Gasteiger partial charge < -0.3 is 9.73 Å². The molecule has 6 heteroatoms. The van der Waals surface area contributed by atoms with E-state index in [1.807, 2.05) is 0 Å². The van der Waals surface area contributed by atoms with Crippen LogP contribution in [0.15, 0.2) is 4.42 Å². The van der Waals surface area contributed by atoms with Gasteiger partial charge in [0.1, 0.15) is 5.38 Å². The normalized spacial score (nSPS) is 17.5. The first-order chi connectivity index (χ1) is 7.16. The van der Waals surface area contributed by atoms with Crippen molar-refractivity contribution in [3.8, 4) is 0 Å². The molecule has 1 amide bonds. The Hall–Kier alpha value is -1.10. The molecule has 1 N–H and O–H groups in total. The van der Waals surface area contributed by atoms with Crippen molar-refractivity contribution in [2.24, 2.45) is 0 Å². The summed E-state index contributed by atoms with van der Waals surface area (Å²) < 4.78 is 5.36. The Bertz CT molecular complexity index is 360. The zero-order valence-corrected chi connectivity index (χ0v) is 9.12. The number of aromatic nitrogens is 2. The summed E-state index contributed by atoms with van der Waals surface area (Å²) in [7, 11) is 0. The third-order valence-electron chi connectivity index (χ3n) is 2.18. The molecule has 0 radical (unpaired) electrons. The van der Waals surface area contributed by atoms with E-state index < -0.39 is 5.38 Å². The maximum absolute atomic E-state index is 11.1. The highest BCUT2D eigenvalue weighted by Crippen LogP contribution is 2.38. The number of carbonyl (C=O) groups excluding carboxylic acids is 1. The van der Waals surface area contributed by atoms with Crippen molar-refractivity contribution in [1.82, 2.24) is 15.5 Å². The molecule has 1 heterocycles. The maximum atomic E-state index is 11.1. The minimum absolute atomic E-state index is 0.233. The van der Waals surface area contributed by atoms with Crippen LogP contribution in [0.25, 0.3) is 0 Å². The highest BCUT2D eigenvalue weighted by atomic mass is 35.5. The van der Waals surface area contributed by atoms with Crippen LogP contribution < -0.4 is 5.32 Å². The molecule has 0 saturated heterocycles. The van der Waals surface area contributed by atoms with Crippen molar-refractivity contribution in [2.45, 2.75) is 37.6 Å². The minimum Gasteiger partial charge on any atom is -0.423 e. The van der Waals surface area contributed by atoms with Crippen molar-refractivity contribution >= 4 is 17.5 Å². The third kappa shape index (κ3) is 2.68. The smallest absolute Gasteiger partial charge is 0.238 e. The number of rotatable bonds is 4. The third-order valence-corrected chi connectivity index (χ3v) is 2.38. The van der Waals surface area contributed by atoms with Gasteiger partial charge in [-0.1, -0.05) is 0 Å². The molecule has 2 rings (SSSR count). The molecule has 1 unspecified atom stereocenters. The van der Waals surface area contributed by atoms with Gasteiger partial charge in [0.25, 0.3) is 0 Å².